The molecule has 0 bridgehead atoms. The van der Waals surface area contributed by atoms with E-state index in [0.29, 0.717) is 16.8 Å². The van der Waals surface area contributed by atoms with Crippen LogP contribution >= 0.6 is 11.6 Å². The number of halogens is 2. The van der Waals surface area contributed by atoms with Crippen LogP contribution in [0.2, 0.25) is 5.02 Å². The van der Waals surface area contributed by atoms with Crippen molar-refractivity contribution in [3.8, 4) is 11.6 Å². The molecule has 164 valence electrons. The van der Waals surface area contributed by atoms with Crippen LogP contribution in [0.1, 0.15) is 56.3 Å². The second kappa shape index (κ2) is 9.22. The van der Waals surface area contributed by atoms with E-state index < -0.39 is 0 Å². The molecule has 5 rings (SSSR count). The number of pyridine rings is 1. The Morgan fingerprint density at radius 2 is 1.87 bits per heavy atom. The Morgan fingerprint density at radius 3 is 2.52 bits per heavy atom. The molecule has 8 heteroatoms. The number of rotatable bonds is 5. The minimum atomic E-state index is -0.311. The average molecular weight is 444 g/mol. The van der Waals surface area contributed by atoms with E-state index in [1.807, 2.05) is 26.0 Å². The molecule has 1 atom stereocenters. The van der Waals surface area contributed by atoms with E-state index in [1.54, 1.807) is 19.4 Å². The Hall–Kier alpha value is -2.67. The summed E-state index contributed by atoms with van der Waals surface area (Å²) < 4.78 is 20.7. The highest BCUT2D eigenvalue weighted by Crippen LogP contribution is 2.42. The van der Waals surface area contributed by atoms with Gasteiger partial charge in [-0.05, 0) is 43.0 Å². The maximum absolute atomic E-state index is 13.4. The second-order valence-corrected chi connectivity index (χ2v) is 8.03. The lowest BCUT2D eigenvalue weighted by atomic mass is 9.98. The van der Waals surface area contributed by atoms with E-state index in [4.69, 9.17) is 16.3 Å². The van der Waals surface area contributed by atoms with Crippen molar-refractivity contribution < 1.29 is 9.13 Å². The molecule has 0 spiro atoms. The fourth-order valence-corrected chi connectivity index (χ4v) is 4.32. The third-order valence-electron chi connectivity index (χ3n) is 5.67. The summed E-state index contributed by atoms with van der Waals surface area (Å²) in [5.74, 6) is 2.74. The summed E-state index contributed by atoms with van der Waals surface area (Å²) in [6, 6.07) is 8.48. The van der Waals surface area contributed by atoms with Gasteiger partial charge in [0.2, 0.25) is 11.8 Å². The van der Waals surface area contributed by atoms with Gasteiger partial charge in [-0.2, -0.15) is 0 Å². The smallest absolute Gasteiger partial charge is 0.231 e. The van der Waals surface area contributed by atoms with Crippen molar-refractivity contribution in [2.45, 2.75) is 44.9 Å². The number of ether oxygens (including phenoxy) is 1. The maximum Gasteiger partial charge on any atom is 0.231 e. The Labute approximate surface area is 187 Å². The Kier molecular flexibility index (Phi) is 6.41. The zero-order valence-electron chi connectivity index (χ0n) is 18.1. The van der Waals surface area contributed by atoms with Crippen LogP contribution in [-0.4, -0.2) is 39.9 Å². The molecule has 2 aliphatic rings. The van der Waals surface area contributed by atoms with Crippen molar-refractivity contribution in [3.05, 3.63) is 58.8 Å². The highest BCUT2D eigenvalue weighted by atomic mass is 35.5. The van der Waals surface area contributed by atoms with Crippen molar-refractivity contribution in [3.63, 3.8) is 0 Å². The van der Waals surface area contributed by atoms with Crippen LogP contribution in [0.25, 0.3) is 5.69 Å². The monoisotopic (exact) mass is 443 g/mol. The summed E-state index contributed by atoms with van der Waals surface area (Å²) in [5, 5.41) is 9.52. The Bertz CT molecular complexity index is 1030. The van der Waals surface area contributed by atoms with Crippen LogP contribution in [-0.2, 0) is 0 Å². The normalized spacial score (nSPS) is 18.0. The highest BCUT2D eigenvalue weighted by molar-refractivity contribution is 6.31. The Balaban J connectivity index is 0.00000112. The number of benzene rings is 1. The van der Waals surface area contributed by atoms with E-state index >= 15 is 0 Å². The lowest BCUT2D eigenvalue weighted by molar-refractivity contribution is 0.398. The lowest BCUT2D eigenvalue weighted by Gasteiger charge is -2.20. The summed E-state index contributed by atoms with van der Waals surface area (Å²) in [6.07, 6.45) is 4.99. The van der Waals surface area contributed by atoms with Crippen molar-refractivity contribution in [1.82, 2.24) is 19.7 Å². The molecule has 0 radical (unpaired) electrons. The number of methoxy groups -OCH3 is 1. The van der Waals surface area contributed by atoms with Crippen LogP contribution in [0.5, 0.6) is 5.88 Å². The van der Waals surface area contributed by atoms with Gasteiger partial charge in [-0.1, -0.05) is 31.5 Å². The van der Waals surface area contributed by atoms with Crippen LogP contribution in [0.3, 0.4) is 0 Å². The quantitative estimate of drug-likeness (QED) is 0.531. The molecular weight excluding hydrogens is 417 g/mol. The van der Waals surface area contributed by atoms with E-state index in [9.17, 15) is 4.39 Å². The molecule has 1 saturated carbocycles. The molecule has 3 aromatic rings. The first-order chi connectivity index (χ1) is 15.1. The van der Waals surface area contributed by atoms with Gasteiger partial charge in [-0.3, -0.25) is 4.57 Å². The van der Waals surface area contributed by atoms with E-state index in [2.05, 4.69) is 24.6 Å². The SMILES string of the molecule is CC.COc1ccc(-n2c(C3CC3)nnc2N2CCC(c3ccc(F)cc3Cl)C2)cn1. The topological polar surface area (TPSA) is 56.1 Å². The van der Waals surface area contributed by atoms with Crippen LogP contribution < -0.4 is 9.64 Å². The largest absolute Gasteiger partial charge is 0.481 e. The minimum absolute atomic E-state index is 0.228. The summed E-state index contributed by atoms with van der Waals surface area (Å²) >= 11 is 6.30. The van der Waals surface area contributed by atoms with Crippen molar-refractivity contribution in [2.75, 3.05) is 25.1 Å². The highest BCUT2D eigenvalue weighted by Gasteiger charge is 2.34. The number of nitrogens with zero attached hydrogens (tertiary/aromatic N) is 5. The minimum Gasteiger partial charge on any atom is -0.481 e. The molecule has 1 unspecified atom stereocenters. The molecule has 0 amide bonds. The third-order valence-corrected chi connectivity index (χ3v) is 6.00. The van der Waals surface area contributed by atoms with Gasteiger partial charge in [0.1, 0.15) is 11.6 Å². The first-order valence-electron chi connectivity index (χ1n) is 10.8. The summed E-state index contributed by atoms with van der Waals surface area (Å²) in [6.45, 7) is 5.60. The van der Waals surface area contributed by atoms with E-state index in [-0.39, 0.29) is 11.7 Å². The number of aromatic nitrogens is 4. The molecule has 1 aromatic carbocycles. The molecule has 3 heterocycles. The number of anilines is 1. The summed E-state index contributed by atoms with van der Waals surface area (Å²) in [4.78, 5) is 6.58. The standard InChI is InChI=1S/C21H21ClFN5O.C2H6/c1-29-19-7-5-16(11-24-19)28-20(13-2-3-13)25-26-21(28)27-9-8-14(12-27)17-6-4-15(23)10-18(17)22;1-2/h4-7,10-11,13-14H,2-3,8-9,12H2,1H3;1-2H3. The summed E-state index contributed by atoms with van der Waals surface area (Å²) in [7, 11) is 1.60. The van der Waals surface area contributed by atoms with Gasteiger partial charge in [0, 0.05) is 36.0 Å². The first-order valence-corrected chi connectivity index (χ1v) is 11.2. The van der Waals surface area contributed by atoms with Gasteiger partial charge in [0.25, 0.3) is 0 Å². The number of hydrogen-bond acceptors (Lipinski definition) is 5. The lowest BCUT2D eigenvalue weighted by Crippen LogP contribution is -2.23. The Morgan fingerprint density at radius 1 is 1.06 bits per heavy atom. The van der Waals surface area contributed by atoms with Crippen molar-refractivity contribution >= 4 is 17.5 Å². The fraction of sp³-hybridized carbons (Fsp3) is 0.435. The molecule has 2 aromatic heterocycles. The van der Waals surface area contributed by atoms with Crippen LogP contribution in [0, 0.1) is 5.82 Å². The second-order valence-electron chi connectivity index (χ2n) is 7.62. The van der Waals surface area contributed by atoms with Crippen LogP contribution in [0.4, 0.5) is 10.3 Å². The van der Waals surface area contributed by atoms with Crippen molar-refractivity contribution in [2.24, 2.45) is 0 Å². The zero-order chi connectivity index (χ0) is 22.0. The molecule has 1 aliphatic heterocycles. The average Bonchev–Trinajstić information content (AvgIpc) is 3.36. The third kappa shape index (κ3) is 4.37. The molecule has 1 aliphatic carbocycles. The maximum atomic E-state index is 13.4. The molecular formula is C23H27ClFN5O. The predicted octanol–water partition coefficient (Wildman–Crippen LogP) is 5.36. The van der Waals surface area contributed by atoms with E-state index in [0.717, 1.165) is 55.4 Å². The van der Waals surface area contributed by atoms with Gasteiger partial charge >= 0.3 is 0 Å². The van der Waals surface area contributed by atoms with E-state index in [1.165, 1.54) is 12.1 Å². The van der Waals surface area contributed by atoms with Gasteiger partial charge in [0.15, 0.2) is 0 Å². The first kappa shape index (κ1) is 21.6. The van der Waals surface area contributed by atoms with Gasteiger partial charge in [0.05, 0.1) is 19.0 Å². The number of hydrogen-bond donors (Lipinski definition) is 0. The fourth-order valence-electron chi connectivity index (χ4n) is 4.00. The van der Waals surface area contributed by atoms with Crippen molar-refractivity contribution in [1.29, 1.82) is 0 Å². The summed E-state index contributed by atoms with van der Waals surface area (Å²) in [5.41, 5.74) is 1.91. The molecule has 2 fully saturated rings. The predicted molar refractivity (Wildman–Crippen MR) is 120 cm³/mol. The van der Waals surface area contributed by atoms with Crippen LogP contribution in [0.15, 0.2) is 36.5 Å². The van der Waals surface area contributed by atoms with Gasteiger partial charge < -0.3 is 9.64 Å². The van der Waals surface area contributed by atoms with Gasteiger partial charge in [-0.15, -0.1) is 10.2 Å². The molecule has 1 saturated heterocycles. The molecule has 31 heavy (non-hydrogen) atoms. The molecule has 0 N–H and O–H groups in total. The molecule has 6 nitrogen and oxygen atoms in total. The van der Waals surface area contributed by atoms with Gasteiger partial charge in [-0.25, -0.2) is 9.37 Å². The zero-order valence-corrected chi connectivity index (χ0v) is 18.8.